The number of likely N-dealkylation sites (tertiary alicyclic amines) is 1. The van der Waals surface area contributed by atoms with Gasteiger partial charge in [-0.1, -0.05) is 12.1 Å². The first-order chi connectivity index (χ1) is 11.3. The number of nitrogens with zero attached hydrogens (tertiary/aromatic N) is 1. The molecule has 0 bridgehead atoms. The van der Waals surface area contributed by atoms with Gasteiger partial charge in [0, 0.05) is 12.5 Å². The fourth-order valence-corrected chi connectivity index (χ4v) is 3.61. The second-order valence-corrected chi connectivity index (χ2v) is 6.53. The molecule has 2 saturated heterocycles. The monoisotopic (exact) mass is 322 g/mol. The lowest BCUT2D eigenvalue weighted by atomic mass is 9.92. The van der Waals surface area contributed by atoms with Gasteiger partial charge in [0.2, 0.25) is 0 Å². The minimum atomic E-state index is -0.184. The highest BCUT2D eigenvalue weighted by Gasteiger charge is 2.27. The van der Waals surface area contributed by atoms with Crippen LogP contribution >= 0.6 is 0 Å². The molecule has 2 N–H and O–H groups in total. The molecule has 0 aromatic heterocycles. The maximum absolute atomic E-state index is 13.3. The molecule has 1 aromatic carbocycles. The van der Waals surface area contributed by atoms with Crippen LogP contribution in [0.25, 0.3) is 0 Å². The lowest BCUT2D eigenvalue weighted by Crippen LogP contribution is -2.39. The van der Waals surface area contributed by atoms with Gasteiger partial charge >= 0.3 is 0 Å². The van der Waals surface area contributed by atoms with Crippen molar-refractivity contribution in [3.8, 4) is 0 Å². The molecular weight excluding hydrogens is 295 g/mol. The van der Waals surface area contributed by atoms with Crippen molar-refractivity contribution in [2.75, 3.05) is 32.8 Å². The van der Waals surface area contributed by atoms with Gasteiger partial charge in [-0.15, -0.1) is 0 Å². The van der Waals surface area contributed by atoms with Crippen molar-refractivity contribution >= 4 is 0 Å². The second kappa shape index (κ2) is 8.20. The number of hydrogen-bond acceptors (Lipinski definition) is 4. The van der Waals surface area contributed by atoms with Crippen molar-refractivity contribution in [3.05, 3.63) is 35.6 Å². The molecule has 0 saturated carbocycles. The largest absolute Gasteiger partial charge is 0.350 e. The molecule has 1 aromatic rings. The van der Waals surface area contributed by atoms with Crippen LogP contribution in [0.2, 0.25) is 0 Å². The van der Waals surface area contributed by atoms with E-state index in [1.807, 2.05) is 12.1 Å². The van der Waals surface area contributed by atoms with Crippen molar-refractivity contribution in [3.63, 3.8) is 0 Å². The molecule has 2 aliphatic rings. The van der Waals surface area contributed by atoms with Crippen LogP contribution in [0.5, 0.6) is 0 Å². The van der Waals surface area contributed by atoms with E-state index in [2.05, 4.69) is 4.90 Å². The number of piperidine rings is 1. The smallest absolute Gasteiger partial charge is 0.157 e. The third-order valence-corrected chi connectivity index (χ3v) is 5.04. The topological polar surface area (TPSA) is 47.7 Å². The van der Waals surface area contributed by atoms with Crippen LogP contribution in [-0.2, 0) is 9.47 Å². The van der Waals surface area contributed by atoms with Gasteiger partial charge in [0.25, 0.3) is 0 Å². The van der Waals surface area contributed by atoms with E-state index >= 15 is 0 Å². The molecule has 0 spiro atoms. The molecule has 23 heavy (non-hydrogen) atoms. The normalized spacial score (nSPS) is 22.5. The van der Waals surface area contributed by atoms with Gasteiger partial charge in [-0.2, -0.15) is 0 Å². The molecular formula is C18H27FN2O2. The lowest BCUT2D eigenvalue weighted by Gasteiger charge is -2.38. The molecule has 128 valence electrons. The maximum Gasteiger partial charge on any atom is 0.157 e. The van der Waals surface area contributed by atoms with Gasteiger partial charge in [-0.25, -0.2) is 4.39 Å². The van der Waals surface area contributed by atoms with E-state index in [4.69, 9.17) is 15.2 Å². The summed E-state index contributed by atoms with van der Waals surface area (Å²) in [5, 5.41) is 0. The Bertz CT molecular complexity index is 468. The Labute approximate surface area is 137 Å². The van der Waals surface area contributed by atoms with Crippen LogP contribution in [0.1, 0.15) is 37.3 Å². The van der Waals surface area contributed by atoms with Gasteiger partial charge < -0.3 is 15.2 Å². The minimum Gasteiger partial charge on any atom is -0.350 e. The predicted molar refractivity (Wildman–Crippen MR) is 87.4 cm³/mol. The molecule has 0 radical (unpaired) electrons. The summed E-state index contributed by atoms with van der Waals surface area (Å²) >= 11 is 0. The highest BCUT2D eigenvalue weighted by atomic mass is 19.1. The average molecular weight is 322 g/mol. The van der Waals surface area contributed by atoms with Gasteiger partial charge in [0.1, 0.15) is 5.82 Å². The van der Waals surface area contributed by atoms with Crippen LogP contribution in [0.15, 0.2) is 24.3 Å². The summed E-state index contributed by atoms with van der Waals surface area (Å²) in [6.07, 6.45) is 4.04. The van der Waals surface area contributed by atoms with Gasteiger partial charge in [-0.3, -0.25) is 4.90 Å². The first-order valence-corrected chi connectivity index (χ1v) is 8.69. The summed E-state index contributed by atoms with van der Waals surface area (Å²) in [5.41, 5.74) is 6.98. The van der Waals surface area contributed by atoms with Crippen molar-refractivity contribution < 1.29 is 13.9 Å². The summed E-state index contributed by atoms with van der Waals surface area (Å²) in [7, 11) is 0. The highest BCUT2D eigenvalue weighted by Crippen LogP contribution is 2.31. The average Bonchev–Trinajstić information content (AvgIpc) is 3.10. The number of halogens is 1. The molecule has 0 aliphatic carbocycles. The Morgan fingerprint density at radius 2 is 1.78 bits per heavy atom. The zero-order valence-corrected chi connectivity index (χ0v) is 13.6. The molecule has 1 atom stereocenters. The van der Waals surface area contributed by atoms with Crippen LogP contribution in [0.3, 0.4) is 0 Å². The number of rotatable bonds is 6. The van der Waals surface area contributed by atoms with Gasteiger partial charge in [0.15, 0.2) is 6.29 Å². The van der Waals surface area contributed by atoms with Crippen molar-refractivity contribution in [2.24, 2.45) is 11.7 Å². The predicted octanol–water partition coefficient (Wildman–Crippen LogP) is 2.69. The van der Waals surface area contributed by atoms with E-state index in [0.29, 0.717) is 25.2 Å². The maximum atomic E-state index is 13.3. The summed E-state index contributed by atoms with van der Waals surface area (Å²) in [6, 6.07) is 7.22. The van der Waals surface area contributed by atoms with Crippen molar-refractivity contribution in [2.45, 2.75) is 38.0 Å². The Morgan fingerprint density at radius 3 is 2.39 bits per heavy atom. The van der Waals surface area contributed by atoms with E-state index in [1.165, 1.54) is 5.56 Å². The summed E-state index contributed by atoms with van der Waals surface area (Å²) in [4.78, 5) is 2.51. The van der Waals surface area contributed by atoms with E-state index < -0.39 is 0 Å². The minimum absolute atomic E-state index is 0.0838. The van der Waals surface area contributed by atoms with Crippen LogP contribution < -0.4 is 5.73 Å². The Kier molecular flexibility index (Phi) is 6.00. The molecule has 2 aliphatic heterocycles. The van der Waals surface area contributed by atoms with E-state index in [9.17, 15) is 4.39 Å². The lowest BCUT2D eigenvalue weighted by molar-refractivity contribution is -0.0526. The number of nitrogens with two attached hydrogens (primary N) is 1. The quantitative estimate of drug-likeness (QED) is 0.875. The number of benzene rings is 1. The van der Waals surface area contributed by atoms with Gasteiger partial charge in [-0.05, 0) is 62.5 Å². The number of hydrogen-bond donors (Lipinski definition) is 1. The summed E-state index contributed by atoms with van der Waals surface area (Å²) in [6.45, 7) is 4.26. The van der Waals surface area contributed by atoms with E-state index in [1.54, 1.807) is 12.1 Å². The van der Waals surface area contributed by atoms with E-state index in [0.717, 1.165) is 45.3 Å². The van der Waals surface area contributed by atoms with Crippen LogP contribution in [0.4, 0.5) is 4.39 Å². The molecule has 2 heterocycles. The zero-order chi connectivity index (χ0) is 16.1. The van der Waals surface area contributed by atoms with Gasteiger partial charge in [0.05, 0.1) is 13.2 Å². The summed E-state index contributed by atoms with van der Waals surface area (Å²) in [5.74, 6) is 0.457. The molecule has 4 nitrogen and oxygen atoms in total. The molecule has 5 heteroatoms. The fourth-order valence-electron chi connectivity index (χ4n) is 3.61. The summed E-state index contributed by atoms with van der Waals surface area (Å²) < 4.78 is 24.4. The van der Waals surface area contributed by atoms with Crippen molar-refractivity contribution in [1.29, 1.82) is 0 Å². The Balaban J connectivity index is 1.66. The van der Waals surface area contributed by atoms with Crippen LogP contribution in [0, 0.1) is 11.7 Å². The van der Waals surface area contributed by atoms with Crippen molar-refractivity contribution in [1.82, 2.24) is 4.90 Å². The van der Waals surface area contributed by atoms with Crippen LogP contribution in [-0.4, -0.2) is 44.0 Å². The Hall–Kier alpha value is -1.01. The first kappa shape index (κ1) is 16.8. The third-order valence-electron chi connectivity index (χ3n) is 5.04. The highest BCUT2D eigenvalue weighted by molar-refractivity contribution is 5.20. The molecule has 0 amide bonds. The third kappa shape index (κ3) is 4.51. The first-order valence-electron chi connectivity index (χ1n) is 8.69. The van der Waals surface area contributed by atoms with E-state index in [-0.39, 0.29) is 12.1 Å². The second-order valence-electron chi connectivity index (χ2n) is 6.53. The SMILES string of the molecule is NCC1CCN(C(CCC2OCCO2)c2ccc(F)cc2)CC1. The molecule has 3 rings (SSSR count). The standard InChI is InChI=1S/C18H27FN2O2/c19-16-3-1-15(2-4-16)17(5-6-18-22-11-12-23-18)21-9-7-14(13-20)8-10-21/h1-4,14,17-18H,5-13,20H2. The zero-order valence-electron chi connectivity index (χ0n) is 13.6. The molecule has 1 unspecified atom stereocenters. The fraction of sp³-hybridized carbons (Fsp3) is 0.667. The molecule has 2 fully saturated rings. The number of ether oxygens (including phenoxy) is 2. The Morgan fingerprint density at radius 1 is 1.13 bits per heavy atom.